The highest BCUT2D eigenvalue weighted by Crippen LogP contribution is 2.02. The van der Waals surface area contributed by atoms with Gasteiger partial charge in [0.1, 0.15) is 0 Å². The molecule has 76 valence electrons. The van der Waals surface area contributed by atoms with E-state index in [4.69, 9.17) is 4.52 Å². The summed E-state index contributed by atoms with van der Waals surface area (Å²) < 4.78 is 4.92. The minimum absolute atomic E-state index is 0.509. The van der Waals surface area contributed by atoms with Gasteiger partial charge in [-0.2, -0.15) is 4.98 Å². The van der Waals surface area contributed by atoms with Gasteiger partial charge in [0, 0.05) is 26.2 Å². The third-order valence-electron chi connectivity index (χ3n) is 2.13. The van der Waals surface area contributed by atoms with Crippen molar-refractivity contribution < 1.29 is 4.52 Å². The van der Waals surface area contributed by atoms with Gasteiger partial charge in [-0.15, -0.1) is 0 Å². The highest BCUT2D eigenvalue weighted by atomic mass is 16.5. The normalized spacial score (nSPS) is 16.4. The van der Waals surface area contributed by atoms with Crippen molar-refractivity contribution in [3.8, 4) is 0 Å². The number of rotatable bonds is 4. The Morgan fingerprint density at radius 3 is 2.93 bits per heavy atom. The summed E-state index contributed by atoms with van der Waals surface area (Å²) in [6.07, 6.45) is 4.35. The monoisotopic (exact) mass is 194 g/mol. The predicted molar refractivity (Wildman–Crippen MR) is 53.1 cm³/mol. The number of hydrogen-bond acceptors (Lipinski definition) is 5. The Bertz CT molecular complexity index is 312. The van der Waals surface area contributed by atoms with Gasteiger partial charge in [-0.3, -0.25) is 4.90 Å². The van der Waals surface area contributed by atoms with Crippen LogP contribution in [0.15, 0.2) is 16.7 Å². The summed E-state index contributed by atoms with van der Waals surface area (Å²) in [7, 11) is 0. The molecule has 0 atom stereocenters. The lowest BCUT2D eigenvalue weighted by molar-refractivity contribution is 0.363. The molecule has 1 aromatic heterocycles. The van der Waals surface area contributed by atoms with Gasteiger partial charge >= 0.3 is 6.01 Å². The molecule has 14 heavy (non-hydrogen) atoms. The summed E-state index contributed by atoms with van der Waals surface area (Å²) in [6.45, 7) is 5.73. The Labute approximate surface area is 82.8 Å². The van der Waals surface area contributed by atoms with E-state index in [1.54, 1.807) is 6.92 Å². The fourth-order valence-electron chi connectivity index (χ4n) is 1.39. The van der Waals surface area contributed by atoms with Crippen molar-refractivity contribution in [1.29, 1.82) is 0 Å². The smallest absolute Gasteiger partial charge is 0.321 e. The van der Waals surface area contributed by atoms with Gasteiger partial charge in [-0.05, 0) is 6.92 Å². The summed E-state index contributed by atoms with van der Waals surface area (Å²) in [4.78, 5) is 6.38. The SMILES string of the molecule is Cc1noc(NCCN2CC=CC2)n1. The summed E-state index contributed by atoms with van der Waals surface area (Å²) in [5, 5.41) is 6.78. The molecule has 0 saturated heterocycles. The van der Waals surface area contributed by atoms with Gasteiger partial charge in [0.05, 0.1) is 0 Å². The Hall–Kier alpha value is -1.36. The lowest BCUT2D eigenvalue weighted by Gasteiger charge is -2.13. The van der Waals surface area contributed by atoms with Crippen molar-refractivity contribution in [3.05, 3.63) is 18.0 Å². The molecule has 0 aliphatic carbocycles. The number of nitrogens with zero attached hydrogens (tertiary/aromatic N) is 3. The third-order valence-corrected chi connectivity index (χ3v) is 2.13. The van der Waals surface area contributed by atoms with Crippen LogP contribution in [-0.4, -0.2) is 41.2 Å². The van der Waals surface area contributed by atoms with Gasteiger partial charge < -0.3 is 9.84 Å². The van der Waals surface area contributed by atoms with Crippen LogP contribution in [0.3, 0.4) is 0 Å². The molecule has 0 fully saturated rings. The van der Waals surface area contributed by atoms with Gasteiger partial charge in [0.2, 0.25) is 0 Å². The predicted octanol–water partition coefficient (Wildman–Crippen LogP) is 0.662. The Kier molecular flexibility index (Phi) is 2.78. The van der Waals surface area contributed by atoms with Crippen molar-refractivity contribution in [1.82, 2.24) is 15.0 Å². The van der Waals surface area contributed by atoms with Gasteiger partial charge in [0.15, 0.2) is 5.82 Å². The quantitative estimate of drug-likeness (QED) is 0.714. The maximum Gasteiger partial charge on any atom is 0.321 e. The molecule has 0 amide bonds. The summed E-state index contributed by atoms with van der Waals surface area (Å²) >= 11 is 0. The first kappa shape index (κ1) is 9.21. The van der Waals surface area contributed by atoms with E-state index in [9.17, 15) is 0 Å². The second-order valence-corrected chi connectivity index (χ2v) is 3.30. The first-order chi connectivity index (χ1) is 6.84. The van der Waals surface area contributed by atoms with Crippen molar-refractivity contribution in [2.24, 2.45) is 0 Å². The number of hydrogen-bond donors (Lipinski definition) is 1. The van der Waals surface area contributed by atoms with Crippen LogP contribution >= 0.6 is 0 Å². The lowest BCUT2D eigenvalue weighted by atomic mass is 10.5. The van der Waals surface area contributed by atoms with Crippen LogP contribution in [0.5, 0.6) is 0 Å². The highest BCUT2D eigenvalue weighted by Gasteiger charge is 2.06. The molecule has 5 nitrogen and oxygen atoms in total. The minimum atomic E-state index is 0.509. The molecule has 0 spiro atoms. The maximum atomic E-state index is 4.92. The van der Waals surface area contributed by atoms with E-state index in [1.165, 1.54) is 0 Å². The molecular formula is C9H14N4O. The van der Waals surface area contributed by atoms with Crippen molar-refractivity contribution in [2.75, 3.05) is 31.5 Å². The van der Waals surface area contributed by atoms with E-state index < -0.39 is 0 Å². The van der Waals surface area contributed by atoms with E-state index in [0.717, 1.165) is 26.2 Å². The zero-order valence-corrected chi connectivity index (χ0v) is 8.23. The molecule has 5 heteroatoms. The molecule has 0 saturated carbocycles. The minimum Gasteiger partial charge on any atom is -0.336 e. The second-order valence-electron chi connectivity index (χ2n) is 3.30. The summed E-state index contributed by atoms with van der Waals surface area (Å²) in [5.74, 6) is 0.662. The molecule has 2 heterocycles. The molecule has 1 aromatic rings. The molecule has 1 aliphatic rings. The maximum absolute atomic E-state index is 4.92. The van der Waals surface area contributed by atoms with Crippen LogP contribution in [0.25, 0.3) is 0 Å². The zero-order chi connectivity index (χ0) is 9.80. The first-order valence-corrected chi connectivity index (χ1v) is 4.76. The topological polar surface area (TPSA) is 54.2 Å². The molecule has 1 N–H and O–H groups in total. The zero-order valence-electron chi connectivity index (χ0n) is 8.23. The van der Waals surface area contributed by atoms with Crippen molar-refractivity contribution in [3.63, 3.8) is 0 Å². The Morgan fingerprint density at radius 1 is 1.50 bits per heavy atom. The Balaban J connectivity index is 1.67. The van der Waals surface area contributed by atoms with E-state index in [1.807, 2.05) is 0 Å². The van der Waals surface area contributed by atoms with Crippen LogP contribution in [0.1, 0.15) is 5.82 Å². The fourth-order valence-corrected chi connectivity index (χ4v) is 1.39. The third kappa shape index (κ3) is 2.32. The lowest BCUT2D eigenvalue weighted by Crippen LogP contribution is -2.26. The molecule has 0 unspecified atom stereocenters. The van der Waals surface area contributed by atoms with Gasteiger partial charge in [0.25, 0.3) is 0 Å². The van der Waals surface area contributed by atoms with E-state index in [-0.39, 0.29) is 0 Å². The number of aromatic nitrogens is 2. The Morgan fingerprint density at radius 2 is 2.29 bits per heavy atom. The number of anilines is 1. The molecule has 2 rings (SSSR count). The fraction of sp³-hybridized carbons (Fsp3) is 0.556. The molecule has 0 aromatic carbocycles. The molecular weight excluding hydrogens is 180 g/mol. The summed E-state index contributed by atoms with van der Waals surface area (Å²) in [5.41, 5.74) is 0. The van der Waals surface area contributed by atoms with E-state index in [0.29, 0.717) is 11.8 Å². The highest BCUT2D eigenvalue weighted by molar-refractivity contribution is 5.17. The van der Waals surface area contributed by atoms with Gasteiger partial charge in [-0.1, -0.05) is 17.3 Å². The first-order valence-electron chi connectivity index (χ1n) is 4.76. The van der Waals surface area contributed by atoms with E-state index in [2.05, 4.69) is 32.5 Å². The number of aryl methyl sites for hydroxylation is 1. The summed E-state index contributed by atoms with van der Waals surface area (Å²) in [6, 6.07) is 0.509. The standard InChI is InChI=1S/C9H14N4O/c1-8-11-9(14-12-8)10-4-7-13-5-2-3-6-13/h2-3H,4-7H2,1H3,(H,10,11,12). The van der Waals surface area contributed by atoms with Crippen LogP contribution in [0, 0.1) is 6.92 Å². The average Bonchev–Trinajstić information content (AvgIpc) is 2.77. The second kappa shape index (κ2) is 4.23. The number of nitrogens with one attached hydrogen (secondary N) is 1. The molecule has 0 bridgehead atoms. The van der Waals surface area contributed by atoms with E-state index >= 15 is 0 Å². The van der Waals surface area contributed by atoms with Crippen LogP contribution < -0.4 is 5.32 Å². The average molecular weight is 194 g/mol. The van der Waals surface area contributed by atoms with Crippen molar-refractivity contribution in [2.45, 2.75) is 6.92 Å². The van der Waals surface area contributed by atoms with Crippen LogP contribution in [0.2, 0.25) is 0 Å². The van der Waals surface area contributed by atoms with Gasteiger partial charge in [-0.25, -0.2) is 0 Å². The molecule has 1 aliphatic heterocycles. The van der Waals surface area contributed by atoms with Crippen LogP contribution in [-0.2, 0) is 0 Å². The molecule has 0 radical (unpaired) electrons. The van der Waals surface area contributed by atoms with Crippen LogP contribution in [0.4, 0.5) is 6.01 Å². The largest absolute Gasteiger partial charge is 0.336 e. The van der Waals surface area contributed by atoms with Crippen molar-refractivity contribution >= 4 is 6.01 Å².